The van der Waals surface area contributed by atoms with Gasteiger partial charge in [0.15, 0.2) is 0 Å². The topological polar surface area (TPSA) is 60.2 Å². The highest BCUT2D eigenvalue weighted by Gasteiger charge is 2.13. The third kappa shape index (κ3) is 4.23. The molecule has 17 heavy (non-hydrogen) atoms. The van der Waals surface area contributed by atoms with Gasteiger partial charge in [-0.2, -0.15) is 4.98 Å². The fourth-order valence-electron chi connectivity index (χ4n) is 2.20. The predicted octanol–water partition coefficient (Wildman–Crippen LogP) is 1.96. The summed E-state index contributed by atoms with van der Waals surface area (Å²) in [6.07, 6.45) is 6.42. The first kappa shape index (κ1) is 12.2. The van der Waals surface area contributed by atoms with E-state index in [4.69, 9.17) is 10.5 Å². The maximum Gasteiger partial charge on any atom is 0.215 e. The van der Waals surface area contributed by atoms with E-state index in [1.165, 1.54) is 25.7 Å². The number of nitrogens with two attached hydrogens (primary N) is 1. The fourth-order valence-corrected chi connectivity index (χ4v) is 2.20. The number of rotatable bonds is 6. The van der Waals surface area contributed by atoms with E-state index in [2.05, 4.69) is 10.3 Å². The summed E-state index contributed by atoms with van der Waals surface area (Å²) in [4.78, 5) is 4.08. The fraction of sp³-hybridized carbons (Fsp3) is 0.615. The summed E-state index contributed by atoms with van der Waals surface area (Å²) in [5.41, 5.74) is 5.57. The molecule has 1 aliphatic carbocycles. The van der Waals surface area contributed by atoms with Gasteiger partial charge in [0.1, 0.15) is 5.82 Å². The molecule has 1 fully saturated rings. The van der Waals surface area contributed by atoms with Crippen LogP contribution in [0.1, 0.15) is 32.1 Å². The van der Waals surface area contributed by atoms with Crippen molar-refractivity contribution in [3.63, 3.8) is 0 Å². The zero-order valence-corrected chi connectivity index (χ0v) is 10.2. The van der Waals surface area contributed by atoms with Crippen molar-refractivity contribution >= 4 is 5.82 Å². The molecule has 4 nitrogen and oxygen atoms in total. The number of anilines is 1. The molecule has 4 heteroatoms. The second-order valence-electron chi connectivity index (χ2n) is 4.54. The first-order chi connectivity index (χ1) is 8.34. The third-order valence-electron chi connectivity index (χ3n) is 3.10. The zero-order chi connectivity index (χ0) is 11.9. The van der Waals surface area contributed by atoms with E-state index in [1.54, 1.807) is 6.07 Å². The first-order valence-electron chi connectivity index (χ1n) is 6.43. The van der Waals surface area contributed by atoms with Gasteiger partial charge in [-0.05, 0) is 31.9 Å². The Bertz CT molecular complexity index is 337. The Morgan fingerprint density at radius 2 is 2.18 bits per heavy atom. The van der Waals surface area contributed by atoms with Gasteiger partial charge in [0.2, 0.25) is 5.88 Å². The molecule has 0 spiro atoms. The second-order valence-corrected chi connectivity index (χ2v) is 4.54. The molecule has 0 saturated heterocycles. The Labute approximate surface area is 103 Å². The van der Waals surface area contributed by atoms with Gasteiger partial charge in [0.25, 0.3) is 0 Å². The van der Waals surface area contributed by atoms with Crippen LogP contribution in [-0.2, 0) is 0 Å². The number of pyridine rings is 1. The molecule has 1 saturated carbocycles. The lowest BCUT2D eigenvalue weighted by Gasteiger charge is -2.11. The minimum Gasteiger partial charge on any atom is -0.478 e. The lowest BCUT2D eigenvalue weighted by atomic mass is 10.2. The third-order valence-corrected chi connectivity index (χ3v) is 3.10. The molecule has 0 amide bonds. The lowest BCUT2D eigenvalue weighted by Crippen LogP contribution is -2.27. The van der Waals surface area contributed by atoms with Crippen LogP contribution in [-0.4, -0.2) is 24.2 Å². The Balaban J connectivity index is 1.56. The molecule has 94 valence electrons. The van der Waals surface area contributed by atoms with Gasteiger partial charge in [-0.15, -0.1) is 0 Å². The second kappa shape index (κ2) is 6.45. The normalized spacial score (nSPS) is 16.2. The van der Waals surface area contributed by atoms with E-state index in [1.807, 2.05) is 12.1 Å². The molecular weight excluding hydrogens is 214 g/mol. The van der Waals surface area contributed by atoms with Crippen molar-refractivity contribution in [2.75, 3.05) is 18.9 Å². The average Bonchev–Trinajstić information content (AvgIpc) is 2.82. The van der Waals surface area contributed by atoms with Crippen molar-refractivity contribution in [1.82, 2.24) is 10.3 Å². The van der Waals surface area contributed by atoms with E-state index in [-0.39, 0.29) is 0 Å². The van der Waals surface area contributed by atoms with Gasteiger partial charge in [0.05, 0.1) is 6.61 Å². The molecule has 0 bridgehead atoms. The predicted molar refractivity (Wildman–Crippen MR) is 69.0 cm³/mol. The van der Waals surface area contributed by atoms with Gasteiger partial charge in [-0.25, -0.2) is 0 Å². The zero-order valence-electron chi connectivity index (χ0n) is 10.2. The van der Waals surface area contributed by atoms with Gasteiger partial charge >= 0.3 is 0 Å². The summed E-state index contributed by atoms with van der Waals surface area (Å²) in [6.45, 7) is 1.71. The van der Waals surface area contributed by atoms with Crippen molar-refractivity contribution in [2.24, 2.45) is 0 Å². The summed E-state index contributed by atoms with van der Waals surface area (Å²) in [5, 5.41) is 3.55. The molecular formula is C13H21N3O. The van der Waals surface area contributed by atoms with Gasteiger partial charge < -0.3 is 15.8 Å². The van der Waals surface area contributed by atoms with Crippen molar-refractivity contribution in [3.8, 4) is 5.88 Å². The smallest absolute Gasteiger partial charge is 0.215 e. The minimum absolute atomic E-state index is 0.506. The Kier molecular flexibility index (Phi) is 4.62. The number of hydrogen-bond donors (Lipinski definition) is 2. The maximum atomic E-state index is 5.57. The molecule has 0 radical (unpaired) electrons. The minimum atomic E-state index is 0.506. The van der Waals surface area contributed by atoms with Crippen LogP contribution in [0, 0.1) is 0 Å². The summed E-state index contributed by atoms with van der Waals surface area (Å²) in [5.74, 6) is 1.12. The van der Waals surface area contributed by atoms with Crippen molar-refractivity contribution in [1.29, 1.82) is 0 Å². The van der Waals surface area contributed by atoms with Gasteiger partial charge in [0, 0.05) is 12.1 Å². The molecule has 1 heterocycles. The van der Waals surface area contributed by atoms with E-state index < -0.39 is 0 Å². The molecule has 2 rings (SSSR count). The van der Waals surface area contributed by atoms with E-state index >= 15 is 0 Å². The van der Waals surface area contributed by atoms with Crippen LogP contribution >= 0.6 is 0 Å². The van der Waals surface area contributed by atoms with Crippen molar-refractivity contribution in [2.45, 2.75) is 38.1 Å². The van der Waals surface area contributed by atoms with E-state index in [9.17, 15) is 0 Å². The molecule has 3 N–H and O–H groups in total. The van der Waals surface area contributed by atoms with E-state index in [0.29, 0.717) is 18.3 Å². The molecule has 0 aliphatic heterocycles. The van der Waals surface area contributed by atoms with Crippen LogP contribution in [0.3, 0.4) is 0 Å². The SMILES string of the molecule is Nc1cccc(OCCCNC2CCCC2)n1. The highest BCUT2D eigenvalue weighted by molar-refractivity contribution is 5.30. The van der Waals surface area contributed by atoms with Crippen molar-refractivity contribution < 1.29 is 4.74 Å². The van der Waals surface area contributed by atoms with Crippen LogP contribution in [0.15, 0.2) is 18.2 Å². The number of ether oxygens (including phenoxy) is 1. The molecule has 0 unspecified atom stereocenters. The lowest BCUT2D eigenvalue weighted by molar-refractivity contribution is 0.294. The van der Waals surface area contributed by atoms with E-state index in [0.717, 1.165) is 19.0 Å². The van der Waals surface area contributed by atoms with Gasteiger partial charge in [-0.3, -0.25) is 0 Å². The van der Waals surface area contributed by atoms with Crippen LogP contribution in [0.2, 0.25) is 0 Å². The highest BCUT2D eigenvalue weighted by Crippen LogP contribution is 2.17. The molecule has 1 aromatic rings. The quantitative estimate of drug-likeness (QED) is 0.740. The molecule has 1 aromatic heterocycles. The monoisotopic (exact) mass is 235 g/mol. The highest BCUT2D eigenvalue weighted by atomic mass is 16.5. The van der Waals surface area contributed by atoms with Crippen LogP contribution in [0.5, 0.6) is 5.88 Å². The Hall–Kier alpha value is -1.29. The van der Waals surface area contributed by atoms with Gasteiger partial charge in [-0.1, -0.05) is 18.9 Å². The van der Waals surface area contributed by atoms with Crippen molar-refractivity contribution in [3.05, 3.63) is 18.2 Å². The summed E-state index contributed by atoms with van der Waals surface area (Å²) < 4.78 is 5.52. The summed E-state index contributed by atoms with van der Waals surface area (Å²) >= 11 is 0. The number of aromatic nitrogens is 1. The van der Waals surface area contributed by atoms with Crippen LogP contribution in [0.4, 0.5) is 5.82 Å². The Morgan fingerprint density at radius 1 is 1.35 bits per heavy atom. The number of nitrogen functional groups attached to an aromatic ring is 1. The van der Waals surface area contributed by atoms with Crippen LogP contribution < -0.4 is 15.8 Å². The Morgan fingerprint density at radius 3 is 2.94 bits per heavy atom. The first-order valence-corrected chi connectivity index (χ1v) is 6.43. The standard InChI is InChI=1S/C13H21N3O/c14-12-7-3-8-13(16-12)17-10-4-9-15-11-5-1-2-6-11/h3,7-8,11,15H,1-2,4-6,9-10H2,(H2,14,16). The average molecular weight is 235 g/mol. The molecule has 1 aliphatic rings. The largest absolute Gasteiger partial charge is 0.478 e. The maximum absolute atomic E-state index is 5.57. The van der Waals surface area contributed by atoms with Crippen LogP contribution in [0.25, 0.3) is 0 Å². The summed E-state index contributed by atoms with van der Waals surface area (Å²) in [6, 6.07) is 6.18. The number of hydrogen-bond acceptors (Lipinski definition) is 4. The number of nitrogens with one attached hydrogen (secondary N) is 1. The summed E-state index contributed by atoms with van der Waals surface area (Å²) in [7, 11) is 0. The molecule has 0 aromatic carbocycles. The number of nitrogens with zero attached hydrogens (tertiary/aromatic N) is 1. The molecule has 0 atom stereocenters.